The molecule has 0 saturated heterocycles. The zero-order chi connectivity index (χ0) is 21.5. The SMILES string of the molecule is COc1cncc(-c2ccc3ncc4ccc(=O)n(-c5ccc(F)c(Cl)c5)c4c3c2)c1. The van der Waals surface area contributed by atoms with Crippen molar-refractivity contribution in [1.29, 1.82) is 0 Å². The summed E-state index contributed by atoms with van der Waals surface area (Å²) in [6.07, 6.45) is 5.10. The molecule has 3 heterocycles. The van der Waals surface area contributed by atoms with E-state index in [0.717, 1.165) is 27.4 Å². The van der Waals surface area contributed by atoms with Crippen molar-refractivity contribution in [3.8, 4) is 22.6 Å². The number of ether oxygens (including phenoxy) is 1. The third-order valence-corrected chi connectivity index (χ3v) is 5.45. The first-order valence-corrected chi connectivity index (χ1v) is 9.82. The van der Waals surface area contributed by atoms with Gasteiger partial charge in [0, 0.05) is 34.8 Å². The Labute approximate surface area is 181 Å². The van der Waals surface area contributed by atoms with E-state index in [-0.39, 0.29) is 10.6 Å². The Morgan fingerprint density at radius 3 is 2.65 bits per heavy atom. The summed E-state index contributed by atoms with van der Waals surface area (Å²) in [4.78, 5) is 21.6. The minimum atomic E-state index is -0.543. The molecule has 0 aliphatic carbocycles. The molecular formula is C24H15ClFN3O2. The summed E-state index contributed by atoms with van der Waals surface area (Å²) in [5, 5.41) is 1.49. The molecule has 0 radical (unpaired) electrons. The van der Waals surface area contributed by atoms with Crippen LogP contribution in [-0.2, 0) is 0 Å². The van der Waals surface area contributed by atoms with Crippen molar-refractivity contribution in [2.75, 3.05) is 7.11 Å². The van der Waals surface area contributed by atoms with Crippen LogP contribution >= 0.6 is 11.6 Å². The summed E-state index contributed by atoms with van der Waals surface area (Å²) in [5.41, 5.74) is 3.37. The predicted molar refractivity (Wildman–Crippen MR) is 120 cm³/mol. The largest absolute Gasteiger partial charge is 0.495 e. The fourth-order valence-electron chi connectivity index (χ4n) is 3.66. The van der Waals surface area contributed by atoms with Crippen LogP contribution in [-0.4, -0.2) is 21.6 Å². The standard InChI is InChI=1S/C24H15ClFN3O2/c1-31-18-8-16(11-27-13-18)14-2-6-22-19(9-14)24-15(12-28-22)3-7-23(30)29(24)17-4-5-21(26)20(25)10-17/h2-13H,1H3. The van der Waals surface area contributed by atoms with E-state index in [1.54, 1.807) is 31.8 Å². The van der Waals surface area contributed by atoms with Crippen molar-refractivity contribution in [2.45, 2.75) is 0 Å². The van der Waals surface area contributed by atoms with Gasteiger partial charge in [0.25, 0.3) is 5.56 Å². The van der Waals surface area contributed by atoms with Gasteiger partial charge < -0.3 is 4.74 Å². The first-order valence-electron chi connectivity index (χ1n) is 9.44. The Bertz CT molecular complexity index is 1530. The van der Waals surface area contributed by atoms with Crippen molar-refractivity contribution in [1.82, 2.24) is 14.5 Å². The average Bonchev–Trinajstić information content (AvgIpc) is 2.80. The molecule has 0 N–H and O–H groups in total. The van der Waals surface area contributed by atoms with E-state index in [1.165, 1.54) is 28.8 Å². The van der Waals surface area contributed by atoms with Crippen LogP contribution in [0.15, 0.2) is 78.0 Å². The highest BCUT2D eigenvalue weighted by atomic mass is 35.5. The maximum atomic E-state index is 13.7. The van der Waals surface area contributed by atoms with Crippen LogP contribution in [0.25, 0.3) is 38.6 Å². The second kappa shape index (κ2) is 7.49. The second-order valence-corrected chi connectivity index (χ2v) is 7.42. The van der Waals surface area contributed by atoms with E-state index in [2.05, 4.69) is 9.97 Å². The lowest BCUT2D eigenvalue weighted by Gasteiger charge is -2.14. The summed E-state index contributed by atoms with van der Waals surface area (Å²) in [6, 6.07) is 15.1. The minimum absolute atomic E-state index is 0.0529. The molecule has 3 aromatic heterocycles. The van der Waals surface area contributed by atoms with E-state index in [9.17, 15) is 9.18 Å². The van der Waals surface area contributed by atoms with Crippen LogP contribution in [0.2, 0.25) is 5.02 Å². The number of fused-ring (bicyclic) bond motifs is 3. The first-order chi connectivity index (χ1) is 15.0. The van der Waals surface area contributed by atoms with Crippen LogP contribution in [0.4, 0.5) is 4.39 Å². The Hall–Kier alpha value is -3.77. The molecule has 5 rings (SSSR count). The fraction of sp³-hybridized carbons (Fsp3) is 0.0417. The van der Waals surface area contributed by atoms with Gasteiger partial charge in [-0.2, -0.15) is 0 Å². The quantitative estimate of drug-likeness (QED) is 0.359. The Morgan fingerprint density at radius 2 is 1.84 bits per heavy atom. The molecule has 31 heavy (non-hydrogen) atoms. The number of hydrogen-bond donors (Lipinski definition) is 0. The molecule has 0 aliphatic rings. The molecule has 5 nitrogen and oxygen atoms in total. The van der Waals surface area contributed by atoms with Crippen LogP contribution in [0.5, 0.6) is 5.75 Å². The molecule has 2 aromatic carbocycles. The van der Waals surface area contributed by atoms with Crippen molar-refractivity contribution in [3.05, 3.63) is 94.4 Å². The van der Waals surface area contributed by atoms with Gasteiger partial charge >= 0.3 is 0 Å². The Kier molecular flexibility index (Phi) is 4.64. The topological polar surface area (TPSA) is 57.0 Å². The van der Waals surface area contributed by atoms with Gasteiger partial charge in [0.15, 0.2) is 0 Å². The molecule has 0 saturated carbocycles. The van der Waals surface area contributed by atoms with Gasteiger partial charge in [-0.25, -0.2) is 4.39 Å². The Morgan fingerprint density at radius 1 is 0.968 bits per heavy atom. The average molecular weight is 432 g/mol. The van der Waals surface area contributed by atoms with Crippen molar-refractivity contribution < 1.29 is 9.13 Å². The minimum Gasteiger partial charge on any atom is -0.495 e. The zero-order valence-electron chi connectivity index (χ0n) is 16.3. The third kappa shape index (κ3) is 3.31. The molecule has 152 valence electrons. The molecule has 0 atom stereocenters. The van der Waals surface area contributed by atoms with Crippen LogP contribution in [0.1, 0.15) is 0 Å². The van der Waals surface area contributed by atoms with Gasteiger partial charge in [0.1, 0.15) is 11.6 Å². The van der Waals surface area contributed by atoms with E-state index >= 15 is 0 Å². The predicted octanol–water partition coefficient (Wildman–Crippen LogP) is 5.40. The monoisotopic (exact) mass is 431 g/mol. The maximum absolute atomic E-state index is 13.7. The molecule has 0 fully saturated rings. The number of aromatic nitrogens is 3. The number of pyridine rings is 3. The van der Waals surface area contributed by atoms with Crippen LogP contribution < -0.4 is 10.3 Å². The molecule has 0 bridgehead atoms. The van der Waals surface area contributed by atoms with Gasteiger partial charge in [-0.15, -0.1) is 0 Å². The van der Waals surface area contributed by atoms with Crippen LogP contribution in [0.3, 0.4) is 0 Å². The summed E-state index contributed by atoms with van der Waals surface area (Å²) >= 11 is 6.00. The second-order valence-electron chi connectivity index (χ2n) is 7.01. The highest BCUT2D eigenvalue weighted by molar-refractivity contribution is 6.30. The van der Waals surface area contributed by atoms with Gasteiger partial charge in [-0.05, 0) is 48.0 Å². The summed E-state index contributed by atoms with van der Waals surface area (Å²) in [7, 11) is 1.59. The number of benzene rings is 2. The summed E-state index contributed by atoms with van der Waals surface area (Å²) < 4.78 is 20.5. The van der Waals surface area contributed by atoms with Crippen molar-refractivity contribution in [2.24, 2.45) is 0 Å². The number of rotatable bonds is 3. The summed E-state index contributed by atoms with van der Waals surface area (Å²) in [5.74, 6) is 0.101. The zero-order valence-corrected chi connectivity index (χ0v) is 17.1. The molecule has 7 heteroatoms. The van der Waals surface area contributed by atoms with E-state index < -0.39 is 5.82 Å². The highest BCUT2D eigenvalue weighted by Crippen LogP contribution is 2.31. The van der Waals surface area contributed by atoms with Gasteiger partial charge in [-0.3, -0.25) is 19.3 Å². The number of halogens is 2. The lowest BCUT2D eigenvalue weighted by molar-refractivity contribution is 0.413. The lowest BCUT2D eigenvalue weighted by atomic mass is 10.0. The van der Waals surface area contributed by atoms with Gasteiger partial charge in [-0.1, -0.05) is 17.7 Å². The molecule has 0 amide bonds. The van der Waals surface area contributed by atoms with Crippen molar-refractivity contribution >= 4 is 33.4 Å². The smallest absolute Gasteiger partial charge is 0.255 e. The van der Waals surface area contributed by atoms with E-state index in [4.69, 9.17) is 16.3 Å². The third-order valence-electron chi connectivity index (χ3n) is 5.16. The fourth-order valence-corrected chi connectivity index (χ4v) is 3.83. The molecule has 0 unspecified atom stereocenters. The highest BCUT2D eigenvalue weighted by Gasteiger charge is 2.13. The Balaban J connectivity index is 1.85. The number of methoxy groups -OCH3 is 1. The summed E-state index contributed by atoms with van der Waals surface area (Å²) in [6.45, 7) is 0. The van der Waals surface area contributed by atoms with Gasteiger partial charge in [0.2, 0.25) is 0 Å². The van der Waals surface area contributed by atoms with Crippen molar-refractivity contribution in [3.63, 3.8) is 0 Å². The van der Waals surface area contributed by atoms with E-state index in [0.29, 0.717) is 17.0 Å². The number of nitrogens with zero attached hydrogens (tertiary/aromatic N) is 3. The van der Waals surface area contributed by atoms with Gasteiger partial charge in [0.05, 0.1) is 35.1 Å². The van der Waals surface area contributed by atoms with Crippen LogP contribution in [0, 0.1) is 5.82 Å². The number of hydrogen-bond acceptors (Lipinski definition) is 4. The molecule has 0 spiro atoms. The normalized spacial score (nSPS) is 11.2. The first kappa shape index (κ1) is 19.2. The van der Waals surface area contributed by atoms with E-state index in [1.807, 2.05) is 24.3 Å². The molecular weight excluding hydrogens is 417 g/mol. The molecule has 5 aromatic rings. The molecule has 0 aliphatic heterocycles. The lowest BCUT2D eigenvalue weighted by Crippen LogP contribution is -2.17. The maximum Gasteiger partial charge on any atom is 0.255 e.